The van der Waals surface area contributed by atoms with Crippen molar-refractivity contribution in [3.8, 4) is 0 Å². The van der Waals surface area contributed by atoms with Crippen LogP contribution in [0.3, 0.4) is 0 Å². The van der Waals surface area contributed by atoms with Gasteiger partial charge >= 0.3 is 5.97 Å². The summed E-state index contributed by atoms with van der Waals surface area (Å²) < 4.78 is 9.90. The van der Waals surface area contributed by atoms with Gasteiger partial charge in [-0.15, -0.1) is 0 Å². The zero-order valence-electron chi connectivity index (χ0n) is 13.9. The molecule has 0 aromatic heterocycles. The number of carbonyl (C=O) groups is 1. The van der Waals surface area contributed by atoms with Gasteiger partial charge in [0, 0.05) is 25.3 Å². The first kappa shape index (κ1) is 17.9. The van der Waals surface area contributed by atoms with Crippen molar-refractivity contribution < 1.29 is 19.2 Å². The number of carbonyl (C=O) groups excluding carboxylic acids is 1. The number of nitro groups is 1. The molecule has 1 saturated carbocycles. The van der Waals surface area contributed by atoms with E-state index in [4.69, 9.17) is 4.74 Å². The van der Waals surface area contributed by atoms with Crippen LogP contribution in [0.25, 0.3) is 6.08 Å². The molecule has 0 saturated heterocycles. The van der Waals surface area contributed by atoms with E-state index in [-0.39, 0.29) is 17.8 Å². The maximum Gasteiger partial charge on any atom is 0.330 e. The van der Waals surface area contributed by atoms with Crippen molar-refractivity contribution in [2.45, 2.75) is 37.8 Å². The minimum atomic E-state index is -0.507. The summed E-state index contributed by atoms with van der Waals surface area (Å²) >= 11 is 0. The number of hydrogen-bond donors (Lipinski definition) is 1. The molecule has 0 spiro atoms. The second-order valence-corrected chi connectivity index (χ2v) is 5.76. The van der Waals surface area contributed by atoms with Gasteiger partial charge in [0.1, 0.15) is 5.69 Å². The lowest BCUT2D eigenvalue weighted by Gasteiger charge is -2.29. The Balaban J connectivity index is 2.16. The van der Waals surface area contributed by atoms with E-state index in [9.17, 15) is 14.9 Å². The van der Waals surface area contributed by atoms with Crippen molar-refractivity contribution in [1.29, 1.82) is 0 Å². The number of nitrogens with zero attached hydrogens (tertiary/aromatic N) is 1. The molecular formula is C17H22N2O5. The molecule has 1 aromatic rings. The lowest BCUT2D eigenvalue weighted by Crippen LogP contribution is -2.31. The number of anilines is 1. The Morgan fingerprint density at radius 2 is 2.17 bits per heavy atom. The van der Waals surface area contributed by atoms with E-state index in [1.165, 1.54) is 25.3 Å². The molecule has 2 atom stereocenters. The largest absolute Gasteiger partial charge is 0.466 e. The zero-order chi connectivity index (χ0) is 17.5. The van der Waals surface area contributed by atoms with Gasteiger partial charge in [0.05, 0.1) is 18.1 Å². The summed E-state index contributed by atoms with van der Waals surface area (Å²) in [6, 6.07) is 4.99. The first-order valence-corrected chi connectivity index (χ1v) is 7.87. The Labute approximate surface area is 140 Å². The summed E-state index contributed by atoms with van der Waals surface area (Å²) in [5, 5.41) is 14.6. The number of methoxy groups -OCH3 is 2. The van der Waals surface area contributed by atoms with E-state index in [1.54, 1.807) is 19.2 Å². The Bertz CT molecular complexity index is 629. The number of hydrogen-bond acceptors (Lipinski definition) is 6. The normalized spacial score (nSPS) is 20.8. The van der Waals surface area contributed by atoms with Gasteiger partial charge < -0.3 is 14.8 Å². The molecule has 24 heavy (non-hydrogen) atoms. The fraction of sp³-hybridized carbons (Fsp3) is 0.471. The van der Waals surface area contributed by atoms with Gasteiger partial charge in [-0.2, -0.15) is 0 Å². The fourth-order valence-corrected chi connectivity index (χ4v) is 2.87. The molecule has 0 heterocycles. The number of nitrogens with one attached hydrogen (secondary N) is 1. The molecule has 0 radical (unpaired) electrons. The van der Waals surface area contributed by atoms with Crippen LogP contribution in [0.5, 0.6) is 0 Å². The highest BCUT2D eigenvalue weighted by molar-refractivity contribution is 5.87. The van der Waals surface area contributed by atoms with E-state index in [1.807, 2.05) is 0 Å². The third-order valence-electron chi connectivity index (χ3n) is 4.15. The maximum absolute atomic E-state index is 11.4. The molecule has 0 amide bonds. The van der Waals surface area contributed by atoms with E-state index in [2.05, 4.69) is 10.1 Å². The van der Waals surface area contributed by atoms with Crippen LogP contribution in [0.1, 0.15) is 31.2 Å². The van der Waals surface area contributed by atoms with Gasteiger partial charge in [-0.05, 0) is 43.4 Å². The summed E-state index contributed by atoms with van der Waals surface area (Å²) in [7, 11) is 2.97. The summed E-state index contributed by atoms with van der Waals surface area (Å²) in [6.45, 7) is 0. The van der Waals surface area contributed by atoms with Crippen LogP contribution >= 0.6 is 0 Å². The smallest absolute Gasteiger partial charge is 0.330 e. The second-order valence-electron chi connectivity index (χ2n) is 5.76. The molecule has 7 nitrogen and oxygen atoms in total. The van der Waals surface area contributed by atoms with Gasteiger partial charge in [-0.1, -0.05) is 6.07 Å². The molecular weight excluding hydrogens is 312 g/mol. The molecule has 1 aliphatic rings. The highest BCUT2D eigenvalue weighted by atomic mass is 16.6. The average Bonchev–Trinajstić information content (AvgIpc) is 2.60. The molecule has 130 valence electrons. The Hall–Kier alpha value is -2.41. The summed E-state index contributed by atoms with van der Waals surface area (Å²) in [4.78, 5) is 22.1. The van der Waals surface area contributed by atoms with Gasteiger partial charge in [-0.3, -0.25) is 10.1 Å². The average molecular weight is 334 g/mol. The van der Waals surface area contributed by atoms with Crippen molar-refractivity contribution in [2.75, 3.05) is 19.5 Å². The van der Waals surface area contributed by atoms with Crippen LogP contribution in [-0.2, 0) is 14.3 Å². The van der Waals surface area contributed by atoms with Crippen LogP contribution in [0.15, 0.2) is 24.3 Å². The van der Waals surface area contributed by atoms with Crippen molar-refractivity contribution >= 4 is 23.4 Å². The molecule has 0 bridgehead atoms. The Kier molecular flexibility index (Phi) is 6.31. The quantitative estimate of drug-likeness (QED) is 0.372. The Morgan fingerprint density at radius 1 is 1.38 bits per heavy atom. The lowest BCUT2D eigenvalue weighted by atomic mass is 9.92. The third kappa shape index (κ3) is 4.79. The van der Waals surface area contributed by atoms with Crippen molar-refractivity contribution in [3.63, 3.8) is 0 Å². The molecule has 1 aliphatic carbocycles. The minimum Gasteiger partial charge on any atom is -0.466 e. The van der Waals surface area contributed by atoms with Crippen LogP contribution in [-0.4, -0.2) is 37.3 Å². The Morgan fingerprint density at radius 3 is 2.83 bits per heavy atom. The number of nitro benzene ring substituents is 1. The summed E-state index contributed by atoms with van der Waals surface area (Å²) in [6.07, 6.45) is 6.76. The number of rotatable bonds is 6. The van der Waals surface area contributed by atoms with Gasteiger partial charge in [-0.25, -0.2) is 4.79 Å². The van der Waals surface area contributed by atoms with Crippen molar-refractivity contribution in [3.05, 3.63) is 40.0 Å². The monoisotopic (exact) mass is 334 g/mol. The summed E-state index contributed by atoms with van der Waals surface area (Å²) in [5.41, 5.74) is 1.04. The second kappa shape index (κ2) is 8.44. The first-order chi connectivity index (χ1) is 11.5. The topological polar surface area (TPSA) is 90.7 Å². The van der Waals surface area contributed by atoms with E-state index in [0.29, 0.717) is 11.3 Å². The number of benzene rings is 1. The predicted molar refractivity (Wildman–Crippen MR) is 90.8 cm³/mol. The molecule has 1 aromatic carbocycles. The van der Waals surface area contributed by atoms with E-state index in [0.717, 1.165) is 25.7 Å². The molecule has 0 aliphatic heterocycles. The molecule has 1 fully saturated rings. The third-order valence-corrected chi connectivity index (χ3v) is 4.15. The van der Waals surface area contributed by atoms with Crippen LogP contribution in [0, 0.1) is 10.1 Å². The zero-order valence-corrected chi connectivity index (χ0v) is 13.9. The predicted octanol–water partition coefficient (Wildman–Crippen LogP) is 3.15. The van der Waals surface area contributed by atoms with Crippen molar-refractivity contribution in [1.82, 2.24) is 0 Å². The van der Waals surface area contributed by atoms with E-state index >= 15 is 0 Å². The number of ether oxygens (including phenoxy) is 2. The van der Waals surface area contributed by atoms with Crippen molar-refractivity contribution in [2.24, 2.45) is 0 Å². The molecule has 7 heteroatoms. The first-order valence-electron chi connectivity index (χ1n) is 7.87. The van der Waals surface area contributed by atoms with Gasteiger partial charge in [0.15, 0.2) is 0 Å². The van der Waals surface area contributed by atoms with Gasteiger partial charge in [0.25, 0.3) is 5.69 Å². The summed E-state index contributed by atoms with van der Waals surface area (Å²) in [5.74, 6) is -0.507. The van der Waals surface area contributed by atoms with Gasteiger partial charge in [0.2, 0.25) is 0 Å². The molecule has 2 unspecified atom stereocenters. The number of esters is 1. The van der Waals surface area contributed by atoms with Crippen LogP contribution < -0.4 is 5.32 Å². The minimum absolute atomic E-state index is 0.0124. The standard InChI is InChI=1S/C17H22N2O5/c1-23-14-5-3-4-13(11-14)18-15-8-6-12(7-9-17(20)24-2)10-16(15)19(21)22/h6-10,13-14,18H,3-5,11H2,1-2H3/b9-7+. The fourth-order valence-electron chi connectivity index (χ4n) is 2.87. The van der Waals surface area contributed by atoms with Crippen LogP contribution in [0.4, 0.5) is 11.4 Å². The van der Waals surface area contributed by atoms with Crippen LogP contribution in [0.2, 0.25) is 0 Å². The SMILES string of the molecule is COC(=O)/C=C/c1ccc(NC2CCCC(OC)C2)c([N+](=O)[O-])c1. The lowest BCUT2D eigenvalue weighted by molar-refractivity contribution is -0.384. The van der Waals surface area contributed by atoms with E-state index < -0.39 is 10.9 Å². The highest BCUT2D eigenvalue weighted by Crippen LogP contribution is 2.30. The molecule has 1 N–H and O–H groups in total. The highest BCUT2D eigenvalue weighted by Gasteiger charge is 2.24. The maximum atomic E-state index is 11.4. The molecule has 2 rings (SSSR count).